The third kappa shape index (κ3) is 5.41. The number of thioether (sulfide) groups is 2. The van der Waals surface area contributed by atoms with E-state index in [1.165, 1.54) is 22.2 Å². The molecule has 3 aromatic carbocycles. The zero-order valence-electron chi connectivity index (χ0n) is 16.6. The van der Waals surface area contributed by atoms with Crippen LogP contribution in [0.4, 0.5) is 0 Å². The van der Waals surface area contributed by atoms with Crippen molar-refractivity contribution in [2.45, 2.75) is 28.5 Å². The fourth-order valence-electron chi connectivity index (χ4n) is 2.94. The van der Waals surface area contributed by atoms with E-state index in [1.54, 1.807) is 23.9 Å². The van der Waals surface area contributed by atoms with E-state index >= 15 is 0 Å². The molecule has 0 saturated heterocycles. The number of hydrogen-bond acceptors (Lipinski definition) is 4. The van der Waals surface area contributed by atoms with E-state index in [4.69, 9.17) is 34.8 Å². The van der Waals surface area contributed by atoms with Gasteiger partial charge in [-0.3, -0.25) is 4.57 Å². The van der Waals surface area contributed by atoms with E-state index < -0.39 is 0 Å². The number of halogens is 3. The number of aromatic nitrogens is 3. The molecule has 0 aliphatic heterocycles. The molecular weight excluding hydrogens is 489 g/mol. The van der Waals surface area contributed by atoms with Crippen molar-refractivity contribution in [3.63, 3.8) is 0 Å². The lowest BCUT2D eigenvalue weighted by atomic mass is 10.2. The van der Waals surface area contributed by atoms with Gasteiger partial charge in [0.2, 0.25) is 0 Å². The highest BCUT2D eigenvalue weighted by molar-refractivity contribution is 7.98. The van der Waals surface area contributed by atoms with E-state index in [0.29, 0.717) is 26.6 Å². The normalized spacial score (nSPS) is 11.1. The topological polar surface area (TPSA) is 30.7 Å². The SMILES string of the molecule is Cc1ccc(SCc2nnc(SCc3c(Cl)ccc(Cl)c3Cl)n2-c2ccccc2)cc1. The highest BCUT2D eigenvalue weighted by Crippen LogP contribution is 2.36. The molecule has 4 rings (SSSR count). The molecule has 0 bridgehead atoms. The summed E-state index contributed by atoms with van der Waals surface area (Å²) in [6, 6.07) is 22.0. The van der Waals surface area contributed by atoms with Crippen LogP contribution >= 0.6 is 58.3 Å². The van der Waals surface area contributed by atoms with Gasteiger partial charge in [-0.2, -0.15) is 0 Å². The zero-order valence-corrected chi connectivity index (χ0v) is 20.5. The van der Waals surface area contributed by atoms with Gasteiger partial charge in [-0.05, 0) is 43.3 Å². The number of rotatable bonds is 7. The van der Waals surface area contributed by atoms with Crippen LogP contribution in [0.15, 0.2) is 76.8 Å². The Kier molecular flexibility index (Phi) is 7.51. The van der Waals surface area contributed by atoms with Crippen LogP contribution in [0.2, 0.25) is 15.1 Å². The summed E-state index contributed by atoms with van der Waals surface area (Å²) in [6.45, 7) is 2.09. The van der Waals surface area contributed by atoms with E-state index in [-0.39, 0.29) is 0 Å². The minimum absolute atomic E-state index is 0.475. The van der Waals surface area contributed by atoms with Crippen LogP contribution in [0.5, 0.6) is 0 Å². The lowest BCUT2D eigenvalue weighted by Gasteiger charge is -2.11. The van der Waals surface area contributed by atoms with Crippen LogP contribution in [0, 0.1) is 6.92 Å². The predicted molar refractivity (Wildman–Crippen MR) is 133 cm³/mol. The van der Waals surface area contributed by atoms with Crippen LogP contribution in [-0.4, -0.2) is 14.8 Å². The van der Waals surface area contributed by atoms with Crippen LogP contribution in [-0.2, 0) is 11.5 Å². The molecule has 0 radical (unpaired) electrons. The second-order valence-corrected chi connectivity index (χ2v) is 9.97. The Morgan fingerprint density at radius 1 is 0.774 bits per heavy atom. The van der Waals surface area contributed by atoms with Crippen molar-refractivity contribution in [2.24, 2.45) is 0 Å². The minimum atomic E-state index is 0.475. The van der Waals surface area contributed by atoms with Crippen molar-refractivity contribution in [3.05, 3.63) is 98.7 Å². The van der Waals surface area contributed by atoms with Crippen molar-refractivity contribution < 1.29 is 0 Å². The van der Waals surface area contributed by atoms with Crippen molar-refractivity contribution in [2.75, 3.05) is 0 Å². The summed E-state index contributed by atoms with van der Waals surface area (Å²) < 4.78 is 2.08. The lowest BCUT2D eigenvalue weighted by Crippen LogP contribution is -2.02. The number of hydrogen-bond donors (Lipinski definition) is 0. The number of para-hydroxylation sites is 1. The molecule has 0 N–H and O–H groups in total. The molecule has 4 aromatic rings. The van der Waals surface area contributed by atoms with E-state index in [2.05, 4.69) is 46.0 Å². The zero-order chi connectivity index (χ0) is 21.8. The first-order valence-corrected chi connectivity index (χ1v) is 12.6. The Morgan fingerprint density at radius 2 is 1.48 bits per heavy atom. The predicted octanol–water partition coefficient (Wildman–Crippen LogP) is 8.12. The van der Waals surface area contributed by atoms with Gasteiger partial charge >= 0.3 is 0 Å². The van der Waals surface area contributed by atoms with Crippen LogP contribution < -0.4 is 0 Å². The van der Waals surface area contributed by atoms with Crippen molar-refractivity contribution in [1.29, 1.82) is 0 Å². The van der Waals surface area contributed by atoms with Crippen molar-refractivity contribution in [3.8, 4) is 5.69 Å². The van der Waals surface area contributed by atoms with Crippen LogP contribution in [0.1, 0.15) is 17.0 Å². The summed E-state index contributed by atoms with van der Waals surface area (Å²) in [4.78, 5) is 1.19. The number of benzene rings is 3. The van der Waals surface area contributed by atoms with Gasteiger partial charge in [-0.15, -0.1) is 22.0 Å². The molecule has 0 fully saturated rings. The molecule has 0 atom stereocenters. The van der Waals surface area contributed by atoms with E-state index in [9.17, 15) is 0 Å². The third-order valence-corrected chi connectivity index (χ3v) is 7.75. The Labute approximate surface area is 205 Å². The Morgan fingerprint density at radius 3 is 2.23 bits per heavy atom. The van der Waals surface area contributed by atoms with E-state index in [1.807, 2.05) is 30.3 Å². The van der Waals surface area contributed by atoms with Gasteiger partial charge in [-0.1, -0.05) is 82.5 Å². The lowest BCUT2D eigenvalue weighted by molar-refractivity contribution is 0.864. The molecule has 0 saturated carbocycles. The van der Waals surface area contributed by atoms with Gasteiger partial charge in [-0.25, -0.2) is 0 Å². The molecule has 31 heavy (non-hydrogen) atoms. The molecular formula is C23H18Cl3N3S2. The Balaban J connectivity index is 1.61. The second kappa shape index (κ2) is 10.3. The monoisotopic (exact) mass is 505 g/mol. The second-order valence-electron chi connectivity index (χ2n) is 6.78. The van der Waals surface area contributed by atoms with E-state index in [0.717, 1.165) is 22.2 Å². The molecule has 0 aliphatic carbocycles. The number of aryl methyl sites for hydroxylation is 1. The highest BCUT2D eigenvalue weighted by atomic mass is 35.5. The summed E-state index contributed by atoms with van der Waals surface area (Å²) in [5.74, 6) is 2.11. The van der Waals surface area contributed by atoms with Gasteiger partial charge in [0.25, 0.3) is 0 Å². The van der Waals surface area contributed by atoms with Gasteiger partial charge in [0.05, 0.1) is 15.8 Å². The van der Waals surface area contributed by atoms with Crippen LogP contribution in [0.25, 0.3) is 5.69 Å². The first-order valence-electron chi connectivity index (χ1n) is 9.47. The Hall–Kier alpha value is -1.63. The summed E-state index contributed by atoms with van der Waals surface area (Å²) in [6.07, 6.45) is 0. The summed E-state index contributed by atoms with van der Waals surface area (Å²) in [7, 11) is 0. The van der Waals surface area contributed by atoms with Crippen molar-refractivity contribution >= 4 is 58.3 Å². The molecule has 8 heteroatoms. The molecule has 158 valence electrons. The maximum atomic E-state index is 6.38. The molecule has 0 amide bonds. The van der Waals surface area contributed by atoms with Gasteiger partial charge in [0, 0.05) is 26.9 Å². The first kappa shape index (κ1) is 22.6. The molecule has 0 spiro atoms. The van der Waals surface area contributed by atoms with Gasteiger partial charge in [0.15, 0.2) is 5.16 Å². The fourth-order valence-corrected chi connectivity index (χ4v) is 5.61. The quantitative estimate of drug-likeness (QED) is 0.187. The molecule has 0 unspecified atom stereocenters. The third-order valence-electron chi connectivity index (χ3n) is 4.59. The van der Waals surface area contributed by atoms with Gasteiger partial charge in [0.1, 0.15) is 5.82 Å². The average Bonchev–Trinajstić information content (AvgIpc) is 3.19. The standard InChI is InChI=1S/C23H18Cl3N3S2/c1-15-7-9-17(10-8-15)30-14-21-27-28-23(29(21)16-5-3-2-4-6-16)31-13-18-19(24)11-12-20(25)22(18)26/h2-12H,13-14H2,1H3. The summed E-state index contributed by atoms with van der Waals surface area (Å²) in [5, 5.41) is 11.3. The average molecular weight is 507 g/mol. The molecule has 0 aliphatic rings. The smallest absolute Gasteiger partial charge is 0.196 e. The highest BCUT2D eigenvalue weighted by Gasteiger charge is 2.17. The fraction of sp³-hybridized carbons (Fsp3) is 0.130. The number of nitrogens with zero attached hydrogens (tertiary/aromatic N) is 3. The maximum Gasteiger partial charge on any atom is 0.196 e. The molecule has 1 heterocycles. The van der Waals surface area contributed by atoms with Crippen molar-refractivity contribution in [1.82, 2.24) is 14.8 Å². The first-order chi connectivity index (χ1) is 15.0. The van der Waals surface area contributed by atoms with Gasteiger partial charge < -0.3 is 0 Å². The Bertz CT molecular complexity index is 1180. The minimum Gasteiger partial charge on any atom is -0.273 e. The summed E-state index contributed by atoms with van der Waals surface area (Å²) in [5.41, 5.74) is 3.05. The molecule has 1 aromatic heterocycles. The summed E-state index contributed by atoms with van der Waals surface area (Å²) >= 11 is 22.2. The largest absolute Gasteiger partial charge is 0.273 e. The molecule has 3 nitrogen and oxygen atoms in total. The van der Waals surface area contributed by atoms with Crippen LogP contribution in [0.3, 0.4) is 0 Å². The maximum absolute atomic E-state index is 6.38.